The molecule has 0 amide bonds. The molecule has 3 aromatic carbocycles. The van der Waals surface area contributed by atoms with Crippen molar-refractivity contribution >= 4 is 29.5 Å². The zero-order chi connectivity index (χ0) is 28.8. The molecule has 2 heterocycles. The maximum absolute atomic E-state index is 13.1. The van der Waals surface area contributed by atoms with E-state index in [0.29, 0.717) is 0 Å². The third-order valence-electron chi connectivity index (χ3n) is 6.11. The molecule has 0 aliphatic carbocycles. The van der Waals surface area contributed by atoms with Gasteiger partial charge in [-0.05, 0) is 36.4 Å². The summed E-state index contributed by atoms with van der Waals surface area (Å²) in [6.07, 6.45) is -4.19. The summed E-state index contributed by atoms with van der Waals surface area (Å²) in [5.74, 6) is -2.19. The van der Waals surface area contributed by atoms with Crippen molar-refractivity contribution in [2.24, 2.45) is 0 Å². The summed E-state index contributed by atoms with van der Waals surface area (Å²) in [5.41, 5.74) is -0.203. The Hall–Kier alpha value is -4.87. The molecule has 1 aromatic heterocycles. The average molecular weight is 576 g/mol. The third-order valence-corrected chi connectivity index (χ3v) is 6.29. The van der Waals surface area contributed by atoms with E-state index in [1.807, 2.05) is 0 Å². The molecular formula is C29H22ClN3O8. The van der Waals surface area contributed by atoms with Crippen LogP contribution in [0.3, 0.4) is 0 Å². The lowest BCUT2D eigenvalue weighted by Crippen LogP contribution is -2.43. The highest BCUT2D eigenvalue weighted by Crippen LogP contribution is 2.34. The van der Waals surface area contributed by atoms with Gasteiger partial charge >= 0.3 is 23.6 Å². The summed E-state index contributed by atoms with van der Waals surface area (Å²) in [5, 5.41) is 3.82. The van der Waals surface area contributed by atoms with Crippen molar-refractivity contribution in [2.45, 2.75) is 24.5 Å². The minimum absolute atomic E-state index is 0.164. The van der Waals surface area contributed by atoms with Crippen LogP contribution in [0.5, 0.6) is 0 Å². The van der Waals surface area contributed by atoms with E-state index in [2.05, 4.69) is 10.1 Å². The van der Waals surface area contributed by atoms with Crippen molar-refractivity contribution in [3.8, 4) is 0 Å². The topological polar surface area (TPSA) is 136 Å². The van der Waals surface area contributed by atoms with E-state index >= 15 is 0 Å². The zero-order valence-electron chi connectivity index (χ0n) is 21.2. The van der Waals surface area contributed by atoms with Crippen LogP contribution >= 0.6 is 11.6 Å². The Morgan fingerprint density at radius 1 is 0.756 bits per heavy atom. The number of rotatable bonds is 8. The molecule has 4 atom stereocenters. The van der Waals surface area contributed by atoms with Crippen molar-refractivity contribution in [3.63, 3.8) is 0 Å². The first-order chi connectivity index (χ1) is 19.9. The van der Waals surface area contributed by atoms with Crippen molar-refractivity contribution in [2.75, 3.05) is 6.61 Å². The van der Waals surface area contributed by atoms with Gasteiger partial charge in [-0.2, -0.15) is 14.8 Å². The van der Waals surface area contributed by atoms with Crippen LogP contribution in [0.1, 0.15) is 37.3 Å². The van der Waals surface area contributed by atoms with Crippen molar-refractivity contribution in [1.82, 2.24) is 14.8 Å². The first-order valence-corrected chi connectivity index (χ1v) is 12.8. The van der Waals surface area contributed by atoms with E-state index in [4.69, 9.17) is 30.5 Å². The summed E-state index contributed by atoms with van der Waals surface area (Å²) in [6.45, 7) is -0.411. The molecule has 12 heteroatoms. The van der Waals surface area contributed by atoms with Gasteiger partial charge < -0.3 is 18.9 Å². The molecular weight excluding hydrogens is 554 g/mol. The number of halogens is 1. The number of nitrogens with zero attached hydrogens (tertiary/aromatic N) is 3. The van der Waals surface area contributed by atoms with E-state index in [1.54, 1.807) is 78.9 Å². The van der Waals surface area contributed by atoms with Gasteiger partial charge in [0, 0.05) is 0 Å². The van der Waals surface area contributed by atoms with Crippen LogP contribution in [0.25, 0.3) is 0 Å². The van der Waals surface area contributed by atoms with Gasteiger partial charge in [-0.1, -0.05) is 66.2 Å². The second-order valence-electron chi connectivity index (χ2n) is 8.81. The molecule has 0 radical (unpaired) electrons. The summed E-state index contributed by atoms with van der Waals surface area (Å²) < 4.78 is 23.9. The molecule has 0 bridgehead atoms. The third kappa shape index (κ3) is 6.48. The molecule has 5 rings (SSSR count). The first kappa shape index (κ1) is 27.7. The Morgan fingerprint density at radius 2 is 1.24 bits per heavy atom. The van der Waals surface area contributed by atoms with E-state index in [9.17, 15) is 19.2 Å². The fraction of sp³-hybridized carbons (Fsp3) is 0.172. The molecule has 1 saturated heterocycles. The Kier molecular flexibility index (Phi) is 8.47. The van der Waals surface area contributed by atoms with Crippen LogP contribution in [0.2, 0.25) is 5.15 Å². The number of carbonyl (C=O) groups excluding carboxylic acids is 3. The molecule has 208 valence electrons. The van der Waals surface area contributed by atoms with E-state index in [1.165, 1.54) is 12.1 Å². The molecule has 4 aromatic rings. The number of hydrogen-bond donors (Lipinski definition) is 0. The fourth-order valence-corrected chi connectivity index (χ4v) is 4.28. The Bertz CT molecular complexity index is 1580. The SMILES string of the molecule is O=C(OC[C@H]1O[C@@H](n2ncc(Cl)nc2=O)[C@@H](OC(=O)c2ccccc2)[C@@H]1OC(=O)c1ccccc1)c1ccccc1. The Morgan fingerprint density at radius 3 is 1.76 bits per heavy atom. The van der Waals surface area contributed by atoms with Gasteiger partial charge in [-0.25, -0.2) is 19.2 Å². The lowest BCUT2D eigenvalue weighted by atomic mass is 10.1. The standard InChI is InChI=1S/C29H22ClN3O8/c30-22-16-31-33(29(37)32-22)25-24(41-28(36)20-14-8-3-9-15-20)23(40-27(35)19-12-6-2-7-13-19)21(39-25)17-38-26(34)18-10-4-1-5-11-18/h1-16,21,23-25H,17H2/t21-,23-,24+,25-/m1/s1. The summed E-state index contributed by atoms with van der Waals surface area (Å²) in [4.78, 5) is 55.3. The van der Waals surface area contributed by atoms with E-state index in [-0.39, 0.29) is 21.8 Å². The van der Waals surface area contributed by atoms with Crippen LogP contribution in [-0.4, -0.2) is 57.6 Å². The van der Waals surface area contributed by atoms with Gasteiger partial charge in [-0.3, -0.25) is 0 Å². The molecule has 0 spiro atoms. The molecule has 11 nitrogen and oxygen atoms in total. The van der Waals surface area contributed by atoms with Crippen molar-refractivity contribution in [3.05, 3.63) is 130 Å². The minimum atomic E-state index is -1.41. The molecule has 1 aliphatic heterocycles. The number of ether oxygens (including phenoxy) is 4. The maximum Gasteiger partial charge on any atom is 0.367 e. The lowest BCUT2D eigenvalue weighted by Gasteiger charge is -2.24. The molecule has 0 unspecified atom stereocenters. The van der Waals surface area contributed by atoms with Crippen LogP contribution in [-0.2, 0) is 18.9 Å². The fourth-order valence-electron chi connectivity index (χ4n) is 4.16. The maximum atomic E-state index is 13.1. The Labute approximate surface area is 238 Å². The van der Waals surface area contributed by atoms with Crippen molar-refractivity contribution in [1.29, 1.82) is 0 Å². The van der Waals surface area contributed by atoms with Gasteiger partial charge in [0.05, 0.1) is 22.9 Å². The Balaban J connectivity index is 1.49. The zero-order valence-corrected chi connectivity index (χ0v) is 22.0. The van der Waals surface area contributed by atoms with Crippen LogP contribution < -0.4 is 5.69 Å². The second-order valence-corrected chi connectivity index (χ2v) is 9.19. The number of aromatic nitrogens is 3. The molecule has 1 fully saturated rings. The molecule has 0 N–H and O–H groups in total. The summed E-state index contributed by atoms with van der Waals surface area (Å²) in [7, 11) is 0. The number of benzene rings is 3. The second kappa shape index (κ2) is 12.5. The van der Waals surface area contributed by atoms with E-state index in [0.717, 1.165) is 10.9 Å². The van der Waals surface area contributed by atoms with Gasteiger partial charge in [0.1, 0.15) is 12.7 Å². The normalized spacial score (nSPS) is 19.7. The highest BCUT2D eigenvalue weighted by atomic mass is 35.5. The summed E-state index contributed by atoms with van der Waals surface area (Å²) >= 11 is 5.82. The predicted octanol–water partition coefficient (Wildman–Crippen LogP) is 3.50. The monoisotopic (exact) mass is 575 g/mol. The lowest BCUT2D eigenvalue weighted by molar-refractivity contribution is -0.0698. The first-order valence-electron chi connectivity index (χ1n) is 12.4. The molecule has 1 aliphatic rings. The largest absolute Gasteiger partial charge is 0.459 e. The number of hydrogen-bond acceptors (Lipinski definition) is 10. The van der Waals surface area contributed by atoms with Crippen molar-refractivity contribution < 1.29 is 33.3 Å². The number of esters is 3. The van der Waals surface area contributed by atoms with E-state index < -0.39 is 54.7 Å². The quantitative estimate of drug-likeness (QED) is 0.227. The molecule has 0 saturated carbocycles. The summed E-state index contributed by atoms with van der Waals surface area (Å²) in [6, 6.07) is 24.4. The van der Waals surface area contributed by atoms with Crippen LogP contribution in [0.4, 0.5) is 0 Å². The smallest absolute Gasteiger partial charge is 0.367 e. The van der Waals surface area contributed by atoms with Crippen LogP contribution in [0, 0.1) is 0 Å². The number of carbonyl (C=O) groups is 3. The van der Waals surface area contributed by atoms with Gasteiger partial charge in [0.15, 0.2) is 23.6 Å². The van der Waals surface area contributed by atoms with Gasteiger partial charge in [-0.15, -0.1) is 0 Å². The molecule has 41 heavy (non-hydrogen) atoms. The van der Waals surface area contributed by atoms with Crippen LogP contribution in [0.15, 0.2) is 102 Å². The average Bonchev–Trinajstić information content (AvgIpc) is 3.33. The highest BCUT2D eigenvalue weighted by molar-refractivity contribution is 6.29. The minimum Gasteiger partial charge on any atom is -0.459 e. The highest BCUT2D eigenvalue weighted by Gasteiger charge is 2.52. The van der Waals surface area contributed by atoms with Gasteiger partial charge in [0.2, 0.25) is 0 Å². The predicted molar refractivity (Wildman–Crippen MR) is 143 cm³/mol. The van der Waals surface area contributed by atoms with Gasteiger partial charge in [0.25, 0.3) is 0 Å².